The number of nitrogens with zero attached hydrogens (tertiary/aromatic N) is 1. The van der Waals surface area contributed by atoms with Crippen LogP contribution in [0, 0.1) is 0 Å². The van der Waals surface area contributed by atoms with Gasteiger partial charge >= 0.3 is 0 Å². The van der Waals surface area contributed by atoms with Crippen LogP contribution in [0.3, 0.4) is 0 Å². The fourth-order valence-corrected chi connectivity index (χ4v) is 2.54. The number of amides is 1. The van der Waals surface area contributed by atoms with Gasteiger partial charge in [0.25, 0.3) is 0 Å². The average Bonchev–Trinajstić information content (AvgIpc) is 3.15. The molecule has 0 saturated carbocycles. The molecule has 0 bridgehead atoms. The third-order valence-electron chi connectivity index (χ3n) is 3.70. The van der Waals surface area contributed by atoms with E-state index in [0.29, 0.717) is 16.3 Å². The SMILES string of the molecule is O=C(CCC(=O)c1ccc(Cl)cc1)Nc1cccc(-c2ccn[nH]2)c1. The Hall–Kier alpha value is -2.92. The maximum absolute atomic E-state index is 12.1. The molecule has 2 N–H and O–H groups in total. The van der Waals surface area contributed by atoms with Crippen molar-refractivity contribution in [3.8, 4) is 11.3 Å². The number of rotatable bonds is 6. The molecule has 0 aliphatic rings. The third-order valence-corrected chi connectivity index (χ3v) is 3.96. The van der Waals surface area contributed by atoms with Gasteiger partial charge in [0, 0.05) is 40.9 Å². The zero-order valence-electron chi connectivity index (χ0n) is 13.3. The second-order valence-corrected chi connectivity index (χ2v) is 5.97. The molecule has 0 aliphatic carbocycles. The molecule has 1 aromatic heterocycles. The number of halogens is 1. The Balaban J connectivity index is 1.57. The molecular weight excluding hydrogens is 338 g/mol. The number of aromatic amines is 1. The summed E-state index contributed by atoms with van der Waals surface area (Å²) in [4.78, 5) is 24.2. The minimum Gasteiger partial charge on any atom is -0.326 e. The molecule has 0 atom stereocenters. The van der Waals surface area contributed by atoms with Gasteiger partial charge in [0.05, 0.1) is 5.69 Å². The van der Waals surface area contributed by atoms with Crippen LogP contribution in [0.15, 0.2) is 60.8 Å². The number of hydrogen-bond acceptors (Lipinski definition) is 3. The van der Waals surface area contributed by atoms with E-state index in [1.165, 1.54) is 0 Å². The van der Waals surface area contributed by atoms with E-state index >= 15 is 0 Å². The van der Waals surface area contributed by atoms with E-state index in [2.05, 4.69) is 15.5 Å². The highest BCUT2D eigenvalue weighted by molar-refractivity contribution is 6.30. The van der Waals surface area contributed by atoms with Gasteiger partial charge in [-0.15, -0.1) is 0 Å². The zero-order valence-corrected chi connectivity index (χ0v) is 14.1. The lowest BCUT2D eigenvalue weighted by atomic mass is 10.1. The number of ketones is 1. The van der Waals surface area contributed by atoms with E-state index in [4.69, 9.17) is 11.6 Å². The summed E-state index contributed by atoms with van der Waals surface area (Å²) in [5, 5.41) is 10.2. The second kappa shape index (κ2) is 7.77. The van der Waals surface area contributed by atoms with E-state index in [0.717, 1.165) is 11.3 Å². The average molecular weight is 354 g/mol. The molecule has 0 unspecified atom stereocenters. The van der Waals surface area contributed by atoms with Crippen molar-refractivity contribution in [2.75, 3.05) is 5.32 Å². The Labute approximate surface area is 150 Å². The van der Waals surface area contributed by atoms with E-state index in [-0.39, 0.29) is 24.5 Å². The summed E-state index contributed by atoms with van der Waals surface area (Å²) in [7, 11) is 0. The number of aromatic nitrogens is 2. The zero-order chi connectivity index (χ0) is 17.6. The molecule has 1 heterocycles. The first kappa shape index (κ1) is 16.9. The summed E-state index contributed by atoms with van der Waals surface area (Å²) < 4.78 is 0. The molecule has 3 aromatic rings. The van der Waals surface area contributed by atoms with Gasteiger partial charge in [-0.05, 0) is 42.5 Å². The van der Waals surface area contributed by atoms with Crippen LogP contribution >= 0.6 is 11.6 Å². The summed E-state index contributed by atoms with van der Waals surface area (Å²) >= 11 is 5.80. The minimum absolute atomic E-state index is 0.0852. The molecule has 0 saturated heterocycles. The summed E-state index contributed by atoms with van der Waals surface area (Å²) in [6.07, 6.45) is 1.94. The number of anilines is 1. The number of Topliss-reactive ketones (excluding diaryl/α,β-unsaturated/α-hetero) is 1. The van der Waals surface area contributed by atoms with Crippen LogP contribution in [0.25, 0.3) is 11.3 Å². The van der Waals surface area contributed by atoms with Crippen molar-refractivity contribution >= 4 is 29.0 Å². The first-order valence-corrected chi connectivity index (χ1v) is 8.18. The number of hydrogen-bond donors (Lipinski definition) is 2. The normalized spacial score (nSPS) is 10.4. The Morgan fingerprint density at radius 1 is 1.04 bits per heavy atom. The van der Waals surface area contributed by atoms with E-state index in [1.807, 2.05) is 24.3 Å². The van der Waals surface area contributed by atoms with Crippen molar-refractivity contribution in [2.45, 2.75) is 12.8 Å². The van der Waals surface area contributed by atoms with Crippen molar-refractivity contribution in [1.29, 1.82) is 0 Å². The van der Waals surface area contributed by atoms with Gasteiger partial charge in [-0.2, -0.15) is 5.10 Å². The predicted octanol–water partition coefficient (Wildman–Crippen LogP) is 4.33. The third kappa shape index (κ3) is 4.55. The Bertz CT molecular complexity index is 874. The van der Waals surface area contributed by atoms with Crippen LogP contribution in [0.2, 0.25) is 5.02 Å². The number of carbonyl (C=O) groups excluding carboxylic acids is 2. The Morgan fingerprint density at radius 2 is 1.84 bits per heavy atom. The summed E-state index contributed by atoms with van der Waals surface area (Å²) in [6.45, 7) is 0. The van der Waals surface area contributed by atoms with Crippen LogP contribution < -0.4 is 5.32 Å². The summed E-state index contributed by atoms with van der Waals surface area (Å²) in [5.41, 5.74) is 3.02. The smallest absolute Gasteiger partial charge is 0.224 e. The number of carbonyl (C=O) groups is 2. The van der Waals surface area contributed by atoms with Crippen molar-refractivity contribution in [2.24, 2.45) is 0 Å². The van der Waals surface area contributed by atoms with Gasteiger partial charge in [0.2, 0.25) is 5.91 Å². The molecule has 0 radical (unpaired) electrons. The molecule has 3 rings (SSSR count). The number of benzene rings is 2. The molecule has 0 aliphatic heterocycles. The molecule has 0 fully saturated rings. The van der Waals surface area contributed by atoms with Gasteiger partial charge in [-0.3, -0.25) is 14.7 Å². The highest BCUT2D eigenvalue weighted by atomic mass is 35.5. The fourth-order valence-electron chi connectivity index (χ4n) is 2.41. The standard InChI is InChI=1S/C19H16ClN3O2/c20-15-6-4-13(5-7-15)18(24)8-9-19(25)22-16-3-1-2-14(12-16)17-10-11-21-23-17/h1-7,10-12H,8-9H2,(H,21,23)(H,22,25). The topological polar surface area (TPSA) is 74.8 Å². The van der Waals surface area contributed by atoms with Crippen LogP contribution in [-0.4, -0.2) is 21.9 Å². The molecule has 126 valence electrons. The molecular formula is C19H16ClN3O2. The second-order valence-electron chi connectivity index (χ2n) is 5.53. The lowest BCUT2D eigenvalue weighted by Crippen LogP contribution is -2.13. The number of nitrogens with one attached hydrogen (secondary N) is 2. The molecule has 5 nitrogen and oxygen atoms in total. The van der Waals surface area contributed by atoms with Crippen LogP contribution in [0.4, 0.5) is 5.69 Å². The van der Waals surface area contributed by atoms with Gasteiger partial charge in [0.15, 0.2) is 5.78 Å². The molecule has 25 heavy (non-hydrogen) atoms. The Kier molecular flexibility index (Phi) is 5.26. The molecule has 0 spiro atoms. The maximum atomic E-state index is 12.1. The first-order valence-electron chi connectivity index (χ1n) is 7.80. The lowest BCUT2D eigenvalue weighted by Gasteiger charge is -2.07. The molecule has 6 heteroatoms. The lowest BCUT2D eigenvalue weighted by molar-refractivity contribution is -0.116. The quantitative estimate of drug-likeness (QED) is 0.647. The molecule has 1 amide bonds. The fraction of sp³-hybridized carbons (Fsp3) is 0.105. The monoisotopic (exact) mass is 353 g/mol. The van der Waals surface area contributed by atoms with Gasteiger partial charge in [0.1, 0.15) is 0 Å². The summed E-state index contributed by atoms with van der Waals surface area (Å²) in [6, 6.07) is 15.9. The highest BCUT2D eigenvalue weighted by Gasteiger charge is 2.10. The highest BCUT2D eigenvalue weighted by Crippen LogP contribution is 2.20. The van der Waals surface area contributed by atoms with E-state index in [9.17, 15) is 9.59 Å². The van der Waals surface area contributed by atoms with Crippen molar-refractivity contribution < 1.29 is 9.59 Å². The van der Waals surface area contributed by atoms with E-state index in [1.54, 1.807) is 36.5 Å². The van der Waals surface area contributed by atoms with Crippen LogP contribution in [0.5, 0.6) is 0 Å². The summed E-state index contributed by atoms with van der Waals surface area (Å²) in [5.74, 6) is -0.290. The number of H-pyrrole nitrogens is 1. The van der Waals surface area contributed by atoms with Crippen LogP contribution in [0.1, 0.15) is 23.2 Å². The van der Waals surface area contributed by atoms with Gasteiger partial charge in [-0.25, -0.2) is 0 Å². The maximum Gasteiger partial charge on any atom is 0.224 e. The van der Waals surface area contributed by atoms with Crippen LogP contribution in [-0.2, 0) is 4.79 Å². The van der Waals surface area contributed by atoms with Crippen molar-refractivity contribution in [3.63, 3.8) is 0 Å². The van der Waals surface area contributed by atoms with Gasteiger partial charge in [-0.1, -0.05) is 23.7 Å². The predicted molar refractivity (Wildman–Crippen MR) is 97.7 cm³/mol. The van der Waals surface area contributed by atoms with Gasteiger partial charge < -0.3 is 5.32 Å². The van der Waals surface area contributed by atoms with Crippen molar-refractivity contribution in [3.05, 3.63) is 71.4 Å². The van der Waals surface area contributed by atoms with Crippen molar-refractivity contribution in [1.82, 2.24) is 10.2 Å². The minimum atomic E-state index is -0.205. The first-order chi connectivity index (χ1) is 12.1. The largest absolute Gasteiger partial charge is 0.326 e. The van der Waals surface area contributed by atoms with E-state index < -0.39 is 0 Å². The Morgan fingerprint density at radius 3 is 2.56 bits per heavy atom. The molecule has 2 aromatic carbocycles.